The van der Waals surface area contributed by atoms with E-state index in [1.54, 1.807) is 0 Å². The Hall–Kier alpha value is -0.870. The zero-order valence-corrected chi connectivity index (χ0v) is 18.2. The van der Waals surface area contributed by atoms with Gasteiger partial charge in [-0.2, -0.15) is 0 Å². The fraction of sp³-hybridized carbons (Fsp3) is 0.562. The fourth-order valence-corrected chi connectivity index (χ4v) is 3.21. The van der Waals surface area contributed by atoms with E-state index < -0.39 is 15.6 Å². The van der Waals surface area contributed by atoms with Crippen LogP contribution in [0, 0.1) is 6.92 Å². The number of nitrogens with one attached hydrogen (secondary N) is 3. The molecule has 1 rings (SSSR count). The first-order chi connectivity index (χ1) is 10.6. The van der Waals surface area contributed by atoms with Crippen LogP contribution in [0.2, 0.25) is 0 Å². The molecular weight excluding hydrogens is 439 g/mol. The highest BCUT2D eigenvalue weighted by atomic mass is 127. The number of benzene rings is 1. The second-order valence-corrected chi connectivity index (χ2v) is 7.98. The lowest BCUT2D eigenvalue weighted by atomic mass is 10.1. The van der Waals surface area contributed by atoms with Crippen LogP contribution in [0.25, 0.3) is 0 Å². The molecule has 0 spiro atoms. The molecule has 0 amide bonds. The molecule has 6 nitrogen and oxygen atoms in total. The van der Waals surface area contributed by atoms with Crippen LogP contribution < -0.4 is 15.4 Å². The van der Waals surface area contributed by atoms with Gasteiger partial charge in [0.1, 0.15) is 0 Å². The van der Waals surface area contributed by atoms with E-state index in [1.165, 1.54) is 11.1 Å². The predicted molar refractivity (Wildman–Crippen MR) is 111 cm³/mol. The number of guanidine groups is 1. The van der Waals surface area contributed by atoms with Crippen LogP contribution in [0.1, 0.15) is 31.9 Å². The third-order valence-electron chi connectivity index (χ3n) is 3.17. The summed E-state index contributed by atoms with van der Waals surface area (Å²) in [6, 6.07) is 8.12. The molecule has 0 aromatic heterocycles. The molecule has 1 aromatic carbocycles. The third kappa shape index (κ3) is 9.43. The van der Waals surface area contributed by atoms with Gasteiger partial charge in [0.25, 0.3) is 0 Å². The third-order valence-corrected chi connectivity index (χ3v) is 4.10. The van der Waals surface area contributed by atoms with Crippen molar-refractivity contribution in [1.82, 2.24) is 15.4 Å². The average Bonchev–Trinajstić information content (AvgIpc) is 2.41. The fourth-order valence-electron chi connectivity index (χ4n) is 2.14. The molecule has 0 radical (unpaired) electrons. The summed E-state index contributed by atoms with van der Waals surface area (Å²) >= 11 is 0. The summed E-state index contributed by atoms with van der Waals surface area (Å²) in [6.45, 7) is 9.44. The smallest absolute Gasteiger partial charge is 0.209 e. The highest BCUT2D eigenvalue weighted by Crippen LogP contribution is 2.08. The Kier molecular flexibility index (Phi) is 9.83. The van der Waals surface area contributed by atoms with Gasteiger partial charge in [-0.05, 0) is 38.8 Å². The molecule has 0 atom stereocenters. The minimum Gasteiger partial charge on any atom is -0.357 e. The van der Waals surface area contributed by atoms with Crippen molar-refractivity contribution in [1.29, 1.82) is 0 Å². The number of aliphatic imine (C=N–C) groups is 1. The molecule has 0 saturated heterocycles. The van der Waals surface area contributed by atoms with Crippen LogP contribution in [0.15, 0.2) is 29.3 Å². The Morgan fingerprint density at radius 3 is 2.38 bits per heavy atom. The molecule has 8 heteroatoms. The topological polar surface area (TPSA) is 82.6 Å². The van der Waals surface area contributed by atoms with Crippen LogP contribution >= 0.6 is 24.0 Å². The minimum atomic E-state index is -3.25. The zero-order chi connectivity index (χ0) is 17.5. The van der Waals surface area contributed by atoms with Crippen LogP contribution in [0.5, 0.6) is 0 Å². The first kappa shape index (κ1) is 23.1. The molecule has 24 heavy (non-hydrogen) atoms. The van der Waals surface area contributed by atoms with Gasteiger partial charge in [-0.3, -0.25) is 0 Å². The monoisotopic (exact) mass is 468 g/mol. The van der Waals surface area contributed by atoms with Gasteiger partial charge in [-0.15, -0.1) is 24.0 Å². The van der Waals surface area contributed by atoms with Crippen molar-refractivity contribution in [3.05, 3.63) is 35.4 Å². The summed E-state index contributed by atoms with van der Waals surface area (Å²) < 4.78 is 25.4. The van der Waals surface area contributed by atoms with E-state index in [-0.39, 0.29) is 24.0 Å². The first-order valence-corrected chi connectivity index (χ1v) is 9.58. The van der Waals surface area contributed by atoms with Crippen LogP contribution in [-0.4, -0.2) is 39.3 Å². The molecule has 0 fully saturated rings. The van der Waals surface area contributed by atoms with Gasteiger partial charge >= 0.3 is 0 Å². The normalized spacial score (nSPS) is 12.5. The van der Waals surface area contributed by atoms with Crippen molar-refractivity contribution in [2.24, 2.45) is 4.99 Å². The summed E-state index contributed by atoms with van der Waals surface area (Å²) in [5.41, 5.74) is 1.76. The number of hydrogen-bond donors (Lipinski definition) is 3. The Bertz CT molecular complexity index is 645. The van der Waals surface area contributed by atoms with Crippen LogP contribution in [-0.2, 0) is 16.6 Å². The standard InChI is InChI=1S/C16H28N4O2S.HI/c1-6-17-15(18-11-14-10-8-7-9-13(14)2)19-12-16(3,4)20-23(5,21)22;/h7-10,20H,6,11-12H2,1-5H3,(H2,17,18,19);1H. The Morgan fingerprint density at radius 2 is 1.83 bits per heavy atom. The van der Waals surface area contributed by atoms with Crippen LogP contribution in [0.4, 0.5) is 0 Å². The summed E-state index contributed by atoms with van der Waals surface area (Å²) in [5, 5.41) is 6.35. The molecule has 0 aliphatic heterocycles. The average molecular weight is 468 g/mol. The largest absolute Gasteiger partial charge is 0.357 e. The number of rotatable bonds is 7. The first-order valence-electron chi connectivity index (χ1n) is 7.68. The van der Waals surface area contributed by atoms with E-state index in [0.717, 1.165) is 12.8 Å². The molecule has 0 aliphatic rings. The second kappa shape index (κ2) is 10.2. The summed E-state index contributed by atoms with van der Waals surface area (Å²) in [7, 11) is -3.25. The quantitative estimate of drug-likeness (QED) is 0.325. The van der Waals surface area contributed by atoms with Gasteiger partial charge in [0, 0.05) is 18.6 Å². The highest BCUT2D eigenvalue weighted by Gasteiger charge is 2.22. The Morgan fingerprint density at radius 1 is 1.21 bits per heavy atom. The van der Waals surface area contributed by atoms with Crippen molar-refractivity contribution < 1.29 is 8.42 Å². The minimum absolute atomic E-state index is 0. The summed E-state index contributed by atoms with van der Waals surface area (Å²) in [6.07, 6.45) is 1.16. The maximum atomic E-state index is 11.4. The van der Waals surface area contributed by atoms with Gasteiger partial charge < -0.3 is 10.6 Å². The number of sulfonamides is 1. The Balaban J connectivity index is 0.00000529. The maximum absolute atomic E-state index is 11.4. The molecule has 3 N–H and O–H groups in total. The van der Waals surface area contributed by atoms with E-state index in [1.807, 2.05) is 32.9 Å². The molecule has 0 saturated carbocycles. The summed E-state index contributed by atoms with van der Waals surface area (Å²) in [5.74, 6) is 0.666. The molecule has 138 valence electrons. The van der Waals surface area contributed by atoms with Gasteiger partial charge in [0.05, 0.1) is 12.8 Å². The molecule has 0 aliphatic carbocycles. The maximum Gasteiger partial charge on any atom is 0.209 e. The Labute approximate surface area is 163 Å². The van der Waals surface area contributed by atoms with Crippen molar-refractivity contribution in [2.75, 3.05) is 19.3 Å². The van der Waals surface area contributed by atoms with E-state index in [2.05, 4.69) is 39.4 Å². The van der Waals surface area contributed by atoms with Crippen molar-refractivity contribution in [2.45, 2.75) is 39.8 Å². The number of aryl methyl sites for hydroxylation is 1. The molecule has 0 bridgehead atoms. The number of hydrogen-bond acceptors (Lipinski definition) is 3. The molecule has 0 unspecified atom stereocenters. The van der Waals surface area contributed by atoms with E-state index >= 15 is 0 Å². The number of halogens is 1. The van der Waals surface area contributed by atoms with Gasteiger partial charge in [0.2, 0.25) is 10.0 Å². The van der Waals surface area contributed by atoms with Gasteiger partial charge in [-0.1, -0.05) is 24.3 Å². The lowest BCUT2D eigenvalue weighted by molar-refractivity contribution is 0.446. The molecule has 0 heterocycles. The van der Waals surface area contributed by atoms with Crippen molar-refractivity contribution >= 4 is 40.0 Å². The lowest BCUT2D eigenvalue weighted by Crippen LogP contribution is -2.53. The second-order valence-electron chi connectivity index (χ2n) is 6.23. The summed E-state index contributed by atoms with van der Waals surface area (Å²) in [4.78, 5) is 4.56. The van der Waals surface area contributed by atoms with E-state index in [0.29, 0.717) is 19.0 Å². The van der Waals surface area contributed by atoms with Crippen molar-refractivity contribution in [3.63, 3.8) is 0 Å². The predicted octanol–water partition coefficient (Wildman–Crippen LogP) is 2.00. The van der Waals surface area contributed by atoms with Gasteiger partial charge in [0.15, 0.2) is 5.96 Å². The van der Waals surface area contributed by atoms with E-state index in [4.69, 9.17) is 0 Å². The van der Waals surface area contributed by atoms with Gasteiger partial charge in [-0.25, -0.2) is 18.1 Å². The van der Waals surface area contributed by atoms with E-state index in [9.17, 15) is 8.42 Å². The molecule has 1 aromatic rings. The molecular formula is C16H29IN4O2S. The van der Waals surface area contributed by atoms with Crippen molar-refractivity contribution in [3.8, 4) is 0 Å². The number of nitrogens with zero attached hydrogens (tertiary/aromatic N) is 1. The highest BCUT2D eigenvalue weighted by molar-refractivity contribution is 14.0. The SMILES string of the molecule is CCNC(=NCc1ccccc1C)NCC(C)(C)NS(C)(=O)=O.I. The van der Waals surface area contributed by atoms with Crippen LogP contribution in [0.3, 0.4) is 0 Å². The zero-order valence-electron chi connectivity index (χ0n) is 15.0. The lowest BCUT2D eigenvalue weighted by Gasteiger charge is -2.26.